The van der Waals surface area contributed by atoms with Gasteiger partial charge in [-0.1, -0.05) is 6.92 Å². The summed E-state index contributed by atoms with van der Waals surface area (Å²) in [6.45, 7) is 3.64. The van der Waals surface area contributed by atoms with Crippen LogP contribution < -0.4 is 0 Å². The quantitative estimate of drug-likeness (QED) is 0.877. The van der Waals surface area contributed by atoms with Crippen molar-refractivity contribution >= 4 is 17.3 Å². The number of ether oxygens (including phenoxy) is 1. The van der Waals surface area contributed by atoms with Crippen molar-refractivity contribution < 1.29 is 14.6 Å². The molecule has 0 spiro atoms. The van der Waals surface area contributed by atoms with Crippen molar-refractivity contribution in [3.05, 3.63) is 16.1 Å². The van der Waals surface area contributed by atoms with E-state index in [-0.39, 0.29) is 11.8 Å². The number of aromatic nitrogens is 1. The zero-order valence-corrected chi connectivity index (χ0v) is 10.0. The fourth-order valence-corrected chi connectivity index (χ4v) is 2.98. The Morgan fingerprint density at radius 1 is 1.75 bits per heavy atom. The van der Waals surface area contributed by atoms with Gasteiger partial charge in [0.25, 0.3) is 0 Å². The highest BCUT2D eigenvalue weighted by molar-refractivity contribution is 7.11. The molecule has 5 heteroatoms. The van der Waals surface area contributed by atoms with Crippen molar-refractivity contribution in [2.24, 2.45) is 0 Å². The number of hydrogen-bond acceptors (Lipinski definition) is 4. The highest BCUT2D eigenvalue weighted by Crippen LogP contribution is 2.35. The normalized spacial score (nSPS) is 25.6. The van der Waals surface area contributed by atoms with Crippen LogP contribution >= 0.6 is 11.3 Å². The van der Waals surface area contributed by atoms with Crippen LogP contribution in [0.3, 0.4) is 0 Å². The van der Waals surface area contributed by atoms with Gasteiger partial charge in [0.1, 0.15) is 5.01 Å². The van der Waals surface area contributed by atoms with E-state index in [1.54, 1.807) is 6.20 Å². The fourth-order valence-electron chi connectivity index (χ4n) is 1.92. The van der Waals surface area contributed by atoms with E-state index in [1.165, 1.54) is 11.3 Å². The van der Waals surface area contributed by atoms with E-state index in [2.05, 4.69) is 11.9 Å². The van der Waals surface area contributed by atoms with Gasteiger partial charge in [-0.3, -0.25) is 4.79 Å². The van der Waals surface area contributed by atoms with Crippen LogP contribution in [-0.2, 0) is 21.4 Å². The van der Waals surface area contributed by atoms with Gasteiger partial charge < -0.3 is 9.84 Å². The number of aliphatic carboxylic acids is 1. The molecule has 4 nitrogen and oxygen atoms in total. The lowest BCUT2D eigenvalue weighted by Gasteiger charge is -2.31. The SMILES string of the molecule is CC1(c2ncc(CC(=O)O)s2)CCCOC1. The Morgan fingerprint density at radius 2 is 2.56 bits per heavy atom. The number of thiazole rings is 1. The molecule has 1 fully saturated rings. The number of carboxylic acids is 1. The van der Waals surface area contributed by atoms with Crippen LogP contribution in [0.5, 0.6) is 0 Å². The van der Waals surface area contributed by atoms with Crippen molar-refractivity contribution in [3.8, 4) is 0 Å². The Bertz CT molecular complexity index is 382. The summed E-state index contributed by atoms with van der Waals surface area (Å²) in [5.41, 5.74) is -0.0281. The highest BCUT2D eigenvalue weighted by atomic mass is 32.1. The van der Waals surface area contributed by atoms with Crippen molar-refractivity contribution in [1.82, 2.24) is 4.98 Å². The molecule has 0 bridgehead atoms. The molecule has 1 aliphatic rings. The third-order valence-electron chi connectivity index (χ3n) is 2.83. The third-order valence-corrected chi connectivity index (χ3v) is 4.14. The monoisotopic (exact) mass is 241 g/mol. The van der Waals surface area contributed by atoms with Crippen LogP contribution in [0, 0.1) is 0 Å². The number of hydrogen-bond donors (Lipinski definition) is 1. The van der Waals surface area contributed by atoms with Crippen LogP contribution in [0.25, 0.3) is 0 Å². The molecule has 2 heterocycles. The minimum atomic E-state index is -0.805. The zero-order valence-electron chi connectivity index (χ0n) is 9.23. The van der Waals surface area contributed by atoms with E-state index in [1.807, 2.05) is 0 Å². The molecule has 0 aliphatic carbocycles. The molecule has 1 unspecified atom stereocenters. The first-order chi connectivity index (χ1) is 7.60. The molecule has 0 amide bonds. The van der Waals surface area contributed by atoms with Gasteiger partial charge in [-0.15, -0.1) is 11.3 Å². The van der Waals surface area contributed by atoms with E-state index in [4.69, 9.17) is 9.84 Å². The van der Waals surface area contributed by atoms with Crippen LogP contribution in [0.15, 0.2) is 6.20 Å². The van der Waals surface area contributed by atoms with Crippen LogP contribution in [0.4, 0.5) is 0 Å². The van der Waals surface area contributed by atoms with Crippen LogP contribution in [0.2, 0.25) is 0 Å². The molecule has 1 N–H and O–H groups in total. The maximum absolute atomic E-state index is 10.6. The van der Waals surface area contributed by atoms with Gasteiger partial charge in [0.15, 0.2) is 0 Å². The maximum atomic E-state index is 10.6. The number of nitrogens with zero attached hydrogens (tertiary/aromatic N) is 1. The smallest absolute Gasteiger partial charge is 0.308 e. The summed E-state index contributed by atoms with van der Waals surface area (Å²) in [5.74, 6) is -0.805. The Labute approximate surface area is 98.3 Å². The molecule has 0 radical (unpaired) electrons. The van der Waals surface area contributed by atoms with E-state index in [0.717, 1.165) is 29.3 Å². The molecule has 16 heavy (non-hydrogen) atoms. The number of rotatable bonds is 3. The molecule has 1 atom stereocenters. The lowest BCUT2D eigenvalue weighted by Crippen LogP contribution is -2.32. The van der Waals surface area contributed by atoms with Gasteiger partial charge in [0, 0.05) is 23.1 Å². The first kappa shape index (κ1) is 11.5. The Kier molecular flexibility index (Phi) is 3.25. The van der Waals surface area contributed by atoms with Crippen LogP contribution in [-0.4, -0.2) is 29.3 Å². The predicted molar refractivity (Wildman–Crippen MR) is 60.9 cm³/mol. The molecule has 1 aromatic rings. The number of carboxylic acid groups (broad SMARTS) is 1. The van der Waals surface area contributed by atoms with Gasteiger partial charge in [0.05, 0.1) is 13.0 Å². The predicted octanol–water partition coefficient (Wildman–Crippen LogP) is 1.84. The summed E-state index contributed by atoms with van der Waals surface area (Å²) in [7, 11) is 0. The summed E-state index contributed by atoms with van der Waals surface area (Å²) in [6.07, 6.45) is 3.85. The average Bonchev–Trinajstić information content (AvgIpc) is 2.67. The molecular weight excluding hydrogens is 226 g/mol. The molecule has 1 saturated heterocycles. The lowest BCUT2D eigenvalue weighted by molar-refractivity contribution is -0.136. The summed E-state index contributed by atoms with van der Waals surface area (Å²) in [4.78, 5) is 15.7. The van der Waals surface area contributed by atoms with Gasteiger partial charge in [-0.05, 0) is 12.8 Å². The summed E-state index contributed by atoms with van der Waals surface area (Å²) in [6, 6.07) is 0. The third kappa shape index (κ3) is 2.41. The van der Waals surface area contributed by atoms with E-state index < -0.39 is 5.97 Å². The molecule has 0 aromatic carbocycles. The standard InChI is InChI=1S/C11H15NO3S/c1-11(3-2-4-15-7-11)10-12-6-8(16-10)5-9(13)14/h6H,2-5,7H2,1H3,(H,13,14). The van der Waals surface area contributed by atoms with Crippen molar-refractivity contribution in [2.75, 3.05) is 13.2 Å². The largest absolute Gasteiger partial charge is 0.481 e. The molecule has 88 valence electrons. The minimum absolute atomic E-state index is 0.0281. The van der Waals surface area contributed by atoms with Gasteiger partial charge in [-0.2, -0.15) is 0 Å². The first-order valence-electron chi connectivity index (χ1n) is 5.35. The Balaban J connectivity index is 2.13. The van der Waals surface area contributed by atoms with Crippen LogP contribution in [0.1, 0.15) is 29.7 Å². The Morgan fingerprint density at radius 3 is 3.19 bits per heavy atom. The minimum Gasteiger partial charge on any atom is -0.481 e. The van der Waals surface area contributed by atoms with E-state index >= 15 is 0 Å². The second kappa shape index (κ2) is 4.51. The molecule has 1 aromatic heterocycles. The lowest BCUT2D eigenvalue weighted by atomic mass is 9.85. The summed E-state index contributed by atoms with van der Waals surface area (Å²) < 4.78 is 5.48. The second-order valence-corrected chi connectivity index (χ2v) is 5.53. The topological polar surface area (TPSA) is 59.4 Å². The van der Waals surface area contributed by atoms with Crippen molar-refractivity contribution in [3.63, 3.8) is 0 Å². The van der Waals surface area contributed by atoms with Gasteiger partial charge in [-0.25, -0.2) is 4.98 Å². The molecule has 0 saturated carbocycles. The fraction of sp³-hybridized carbons (Fsp3) is 0.636. The molecule has 1 aliphatic heterocycles. The molecule has 2 rings (SSSR count). The second-order valence-electron chi connectivity index (χ2n) is 4.42. The van der Waals surface area contributed by atoms with Gasteiger partial charge >= 0.3 is 5.97 Å². The number of carbonyl (C=O) groups is 1. The van der Waals surface area contributed by atoms with E-state index in [0.29, 0.717) is 6.61 Å². The van der Waals surface area contributed by atoms with Crippen molar-refractivity contribution in [2.45, 2.75) is 31.6 Å². The molecular formula is C11H15NO3S. The maximum Gasteiger partial charge on any atom is 0.308 e. The summed E-state index contributed by atoms with van der Waals surface area (Å²) >= 11 is 1.49. The summed E-state index contributed by atoms with van der Waals surface area (Å²) in [5, 5.41) is 9.71. The van der Waals surface area contributed by atoms with Gasteiger partial charge in [0.2, 0.25) is 0 Å². The van der Waals surface area contributed by atoms with E-state index in [9.17, 15) is 4.79 Å². The zero-order chi connectivity index (χ0) is 11.6. The Hall–Kier alpha value is -0.940. The highest BCUT2D eigenvalue weighted by Gasteiger charge is 2.32. The first-order valence-corrected chi connectivity index (χ1v) is 6.16. The average molecular weight is 241 g/mol. The van der Waals surface area contributed by atoms with Crippen molar-refractivity contribution in [1.29, 1.82) is 0 Å².